The van der Waals surface area contributed by atoms with Gasteiger partial charge < -0.3 is 15.5 Å². The molecule has 2 aromatic heterocycles. The first-order valence-electron chi connectivity index (χ1n) is 5.81. The van der Waals surface area contributed by atoms with Gasteiger partial charge in [0.05, 0.1) is 10.9 Å². The van der Waals surface area contributed by atoms with E-state index in [9.17, 15) is 4.79 Å². The number of amides is 1. The van der Waals surface area contributed by atoms with Gasteiger partial charge in [0.2, 0.25) is 0 Å². The number of rotatable bonds is 4. The maximum absolute atomic E-state index is 12.4. The fourth-order valence-corrected chi connectivity index (χ4v) is 3.62. The Labute approximate surface area is 130 Å². The molecule has 8 heteroatoms. The van der Waals surface area contributed by atoms with Crippen LogP contribution in [0.25, 0.3) is 0 Å². The Morgan fingerprint density at radius 1 is 1.35 bits per heavy atom. The molecule has 108 valence electrons. The first kappa shape index (κ1) is 15.1. The maximum atomic E-state index is 12.4. The largest absolute Gasteiger partial charge is 0.382 e. The molecule has 0 aliphatic rings. The molecule has 0 saturated carbocycles. The highest BCUT2D eigenvalue weighted by Crippen LogP contribution is 2.29. The highest BCUT2D eigenvalue weighted by atomic mass is 35.5. The Balaban J connectivity index is 2.14. The number of halogens is 1. The third-order valence-corrected chi connectivity index (χ3v) is 5.03. The van der Waals surface area contributed by atoms with E-state index in [1.165, 1.54) is 22.7 Å². The molecule has 2 aromatic rings. The van der Waals surface area contributed by atoms with Gasteiger partial charge in [0.15, 0.2) is 5.13 Å². The summed E-state index contributed by atoms with van der Waals surface area (Å²) in [5, 5.41) is 0.721. The van der Waals surface area contributed by atoms with Crippen molar-refractivity contribution >= 4 is 51.1 Å². The second kappa shape index (κ2) is 5.99. The standard InChI is InChI=1S/C12H15ClN4OS2/c1-16(2)12-15-10(14)9(20-12)11(18)17(3)6-7-4-5-8(13)19-7/h4-5H,6,14H2,1-3H3. The van der Waals surface area contributed by atoms with Crippen LogP contribution in [0.15, 0.2) is 12.1 Å². The molecule has 0 aromatic carbocycles. The zero-order valence-electron chi connectivity index (χ0n) is 11.4. The Hall–Kier alpha value is -1.31. The lowest BCUT2D eigenvalue weighted by Crippen LogP contribution is -2.25. The average molecular weight is 331 g/mol. The van der Waals surface area contributed by atoms with Crippen LogP contribution in [0.3, 0.4) is 0 Å². The van der Waals surface area contributed by atoms with E-state index in [0.717, 1.165) is 10.0 Å². The van der Waals surface area contributed by atoms with Gasteiger partial charge in [-0.15, -0.1) is 11.3 Å². The lowest BCUT2D eigenvalue weighted by atomic mass is 10.4. The number of thiazole rings is 1. The number of anilines is 2. The molecule has 0 fully saturated rings. The van der Waals surface area contributed by atoms with E-state index in [2.05, 4.69) is 4.98 Å². The first-order chi connectivity index (χ1) is 9.38. The normalized spacial score (nSPS) is 10.6. The zero-order chi connectivity index (χ0) is 14.9. The van der Waals surface area contributed by atoms with Crippen LogP contribution < -0.4 is 10.6 Å². The van der Waals surface area contributed by atoms with Crippen molar-refractivity contribution in [2.45, 2.75) is 6.54 Å². The predicted molar refractivity (Wildman–Crippen MR) is 86.0 cm³/mol. The van der Waals surface area contributed by atoms with Crippen molar-refractivity contribution in [3.8, 4) is 0 Å². The van der Waals surface area contributed by atoms with Crippen LogP contribution in [-0.4, -0.2) is 36.9 Å². The van der Waals surface area contributed by atoms with Crippen molar-refractivity contribution in [2.24, 2.45) is 0 Å². The summed E-state index contributed by atoms with van der Waals surface area (Å²) in [7, 11) is 5.47. The lowest BCUT2D eigenvalue weighted by molar-refractivity contribution is 0.0792. The van der Waals surface area contributed by atoms with Crippen molar-refractivity contribution in [3.63, 3.8) is 0 Å². The van der Waals surface area contributed by atoms with E-state index in [1.807, 2.05) is 31.1 Å². The molecule has 2 rings (SSSR count). The highest BCUT2D eigenvalue weighted by Gasteiger charge is 2.21. The van der Waals surface area contributed by atoms with Gasteiger partial charge in [-0.25, -0.2) is 4.98 Å². The van der Waals surface area contributed by atoms with Crippen LogP contribution in [0.5, 0.6) is 0 Å². The SMILES string of the molecule is CN(Cc1ccc(Cl)s1)C(=O)c1sc(N(C)C)nc1N. The second-order valence-corrected chi connectivity index (χ2v) is 7.25. The number of aromatic nitrogens is 1. The first-order valence-corrected chi connectivity index (χ1v) is 7.83. The van der Waals surface area contributed by atoms with Gasteiger partial charge in [0.1, 0.15) is 10.7 Å². The minimum absolute atomic E-state index is 0.127. The summed E-state index contributed by atoms with van der Waals surface area (Å²) >= 11 is 8.64. The number of hydrogen-bond acceptors (Lipinski definition) is 6. The van der Waals surface area contributed by atoms with Gasteiger partial charge in [0.25, 0.3) is 5.91 Å². The van der Waals surface area contributed by atoms with Crippen LogP contribution in [0, 0.1) is 0 Å². The number of thiophene rings is 1. The third-order valence-electron chi connectivity index (χ3n) is 2.59. The fraction of sp³-hybridized carbons (Fsp3) is 0.333. The Kier molecular flexibility index (Phi) is 4.52. The van der Waals surface area contributed by atoms with Crippen molar-refractivity contribution in [1.29, 1.82) is 0 Å². The lowest BCUT2D eigenvalue weighted by Gasteiger charge is -2.15. The van der Waals surface area contributed by atoms with E-state index < -0.39 is 0 Å². The van der Waals surface area contributed by atoms with Crippen LogP contribution in [0.2, 0.25) is 4.34 Å². The number of nitrogens with zero attached hydrogens (tertiary/aromatic N) is 3. The molecule has 0 aliphatic carbocycles. The van der Waals surface area contributed by atoms with Crippen LogP contribution >= 0.6 is 34.3 Å². The molecule has 0 bridgehead atoms. The molecule has 0 unspecified atom stereocenters. The van der Waals surface area contributed by atoms with Gasteiger partial charge >= 0.3 is 0 Å². The van der Waals surface area contributed by atoms with E-state index in [4.69, 9.17) is 17.3 Å². The molecular weight excluding hydrogens is 316 g/mol. The highest BCUT2D eigenvalue weighted by molar-refractivity contribution is 7.18. The Morgan fingerprint density at radius 3 is 2.55 bits per heavy atom. The molecule has 0 radical (unpaired) electrons. The van der Waals surface area contributed by atoms with E-state index in [-0.39, 0.29) is 11.7 Å². The topological polar surface area (TPSA) is 62.5 Å². The average Bonchev–Trinajstić information content (AvgIpc) is 2.95. The van der Waals surface area contributed by atoms with Gasteiger partial charge in [-0.2, -0.15) is 0 Å². The molecule has 0 atom stereocenters. The van der Waals surface area contributed by atoms with Crippen molar-refractivity contribution < 1.29 is 4.79 Å². The van der Waals surface area contributed by atoms with Gasteiger partial charge in [-0.1, -0.05) is 22.9 Å². The second-order valence-electron chi connectivity index (χ2n) is 4.47. The number of hydrogen-bond donors (Lipinski definition) is 1. The van der Waals surface area contributed by atoms with E-state index >= 15 is 0 Å². The number of nitrogens with two attached hydrogens (primary N) is 1. The molecule has 5 nitrogen and oxygen atoms in total. The quantitative estimate of drug-likeness (QED) is 0.936. The molecule has 2 heterocycles. The Morgan fingerprint density at radius 2 is 2.05 bits per heavy atom. The monoisotopic (exact) mass is 330 g/mol. The summed E-state index contributed by atoms with van der Waals surface area (Å²) in [4.78, 5) is 21.5. The predicted octanol–water partition coefficient (Wildman–Crippen LogP) is 2.78. The summed E-state index contributed by atoms with van der Waals surface area (Å²) in [5.74, 6) is 0.150. The van der Waals surface area contributed by atoms with Crippen LogP contribution in [-0.2, 0) is 6.54 Å². The summed E-state index contributed by atoms with van der Waals surface area (Å²) in [6.45, 7) is 0.505. The van der Waals surface area contributed by atoms with Crippen LogP contribution in [0.4, 0.5) is 10.9 Å². The molecule has 0 saturated heterocycles. The molecule has 1 amide bonds. The van der Waals surface area contributed by atoms with E-state index in [0.29, 0.717) is 15.8 Å². The van der Waals surface area contributed by atoms with Crippen molar-refractivity contribution in [1.82, 2.24) is 9.88 Å². The fourth-order valence-electron chi connectivity index (χ4n) is 1.58. The molecule has 2 N–H and O–H groups in total. The van der Waals surface area contributed by atoms with E-state index in [1.54, 1.807) is 11.9 Å². The minimum atomic E-state index is -0.127. The molecule has 0 spiro atoms. The molecular formula is C12H15ClN4OS2. The third kappa shape index (κ3) is 3.23. The molecule has 0 aliphatic heterocycles. The Bertz CT molecular complexity index is 623. The summed E-state index contributed by atoms with van der Waals surface area (Å²) in [6, 6.07) is 3.74. The van der Waals surface area contributed by atoms with Gasteiger partial charge in [-0.3, -0.25) is 4.79 Å². The van der Waals surface area contributed by atoms with Crippen molar-refractivity contribution in [3.05, 3.63) is 26.2 Å². The number of nitrogen functional groups attached to an aromatic ring is 1. The number of carbonyl (C=O) groups excluding carboxylic acids is 1. The van der Waals surface area contributed by atoms with Gasteiger partial charge in [0, 0.05) is 26.0 Å². The van der Waals surface area contributed by atoms with Crippen LogP contribution in [0.1, 0.15) is 14.5 Å². The summed E-state index contributed by atoms with van der Waals surface area (Å²) in [6.07, 6.45) is 0. The molecule has 20 heavy (non-hydrogen) atoms. The minimum Gasteiger partial charge on any atom is -0.382 e. The zero-order valence-corrected chi connectivity index (χ0v) is 13.8. The number of carbonyl (C=O) groups is 1. The maximum Gasteiger partial charge on any atom is 0.267 e. The summed E-state index contributed by atoms with van der Waals surface area (Å²) < 4.78 is 0.716. The van der Waals surface area contributed by atoms with Gasteiger partial charge in [-0.05, 0) is 12.1 Å². The smallest absolute Gasteiger partial charge is 0.267 e. The summed E-state index contributed by atoms with van der Waals surface area (Å²) in [5.41, 5.74) is 5.82. The van der Waals surface area contributed by atoms with Crippen molar-refractivity contribution in [2.75, 3.05) is 31.8 Å².